The molecule has 0 amide bonds. The van der Waals surface area contributed by atoms with E-state index in [0.29, 0.717) is 4.90 Å². The summed E-state index contributed by atoms with van der Waals surface area (Å²) in [6.45, 7) is 3.65. The Hall–Kier alpha value is -2.86. The van der Waals surface area contributed by atoms with Gasteiger partial charge in [0, 0.05) is 17.0 Å². The van der Waals surface area contributed by atoms with E-state index in [1.807, 2.05) is 31.3 Å². The topological polar surface area (TPSA) is 72.1 Å². The maximum Gasteiger partial charge on any atom is 0.178 e. The summed E-state index contributed by atoms with van der Waals surface area (Å²) in [5.41, 5.74) is 4.47. The Bertz CT molecular complexity index is 1270. The Kier molecular flexibility index (Phi) is 4.15. The molecule has 0 saturated heterocycles. The second-order valence-corrected chi connectivity index (χ2v) is 8.81. The third kappa shape index (κ3) is 2.86. The molecular weight excluding hydrogens is 360 g/mol. The maximum atomic E-state index is 12.3. The molecule has 27 heavy (non-hydrogen) atoms. The molecule has 2 heterocycles. The van der Waals surface area contributed by atoms with Crippen LogP contribution in [-0.4, -0.2) is 31.2 Å². The Balaban J connectivity index is 2.07. The fourth-order valence-electron chi connectivity index (χ4n) is 3.40. The second-order valence-electron chi connectivity index (χ2n) is 6.53. The van der Waals surface area contributed by atoms with E-state index in [2.05, 4.69) is 16.0 Å². The number of benzene rings is 2. The third-order valence-electron chi connectivity index (χ3n) is 4.81. The monoisotopic (exact) mass is 380 g/mol. The number of nitrogens with zero attached hydrogens (tertiary/aromatic N) is 1. The highest BCUT2D eigenvalue weighted by atomic mass is 32.2. The molecular formula is C21H20N2O3S. The minimum absolute atomic E-state index is 0.0741. The van der Waals surface area contributed by atoms with Crippen molar-refractivity contribution in [1.82, 2.24) is 9.97 Å². The molecule has 0 aliphatic rings. The van der Waals surface area contributed by atoms with Crippen LogP contribution in [0.25, 0.3) is 33.1 Å². The summed E-state index contributed by atoms with van der Waals surface area (Å²) in [5, 5.41) is 1.97. The van der Waals surface area contributed by atoms with Crippen molar-refractivity contribution in [3.63, 3.8) is 0 Å². The lowest BCUT2D eigenvalue weighted by Crippen LogP contribution is -2.03. The smallest absolute Gasteiger partial charge is 0.178 e. The fourth-order valence-corrected chi connectivity index (χ4v) is 4.33. The van der Waals surface area contributed by atoms with E-state index in [-0.39, 0.29) is 5.75 Å². The lowest BCUT2D eigenvalue weighted by atomic mass is 9.99. The molecule has 2 aromatic heterocycles. The summed E-state index contributed by atoms with van der Waals surface area (Å²) >= 11 is 0. The van der Waals surface area contributed by atoms with E-state index in [1.54, 1.807) is 32.2 Å². The largest absolute Gasteiger partial charge is 0.495 e. The number of methoxy groups -OCH3 is 1. The van der Waals surface area contributed by atoms with Gasteiger partial charge >= 0.3 is 0 Å². The van der Waals surface area contributed by atoms with Gasteiger partial charge < -0.3 is 9.72 Å². The van der Waals surface area contributed by atoms with Gasteiger partial charge in [-0.3, -0.25) is 0 Å². The molecule has 0 radical (unpaired) electrons. The van der Waals surface area contributed by atoms with E-state index in [1.165, 1.54) is 0 Å². The van der Waals surface area contributed by atoms with Gasteiger partial charge in [-0.1, -0.05) is 19.1 Å². The summed E-state index contributed by atoms with van der Waals surface area (Å²) in [7, 11) is -1.64. The summed E-state index contributed by atoms with van der Waals surface area (Å²) in [4.78, 5) is 8.16. The molecule has 138 valence electrons. The van der Waals surface area contributed by atoms with Crippen LogP contribution >= 0.6 is 0 Å². The second kappa shape index (κ2) is 6.39. The van der Waals surface area contributed by atoms with Gasteiger partial charge in [0.1, 0.15) is 11.4 Å². The minimum Gasteiger partial charge on any atom is -0.495 e. The summed E-state index contributed by atoms with van der Waals surface area (Å²) in [6.07, 6.45) is 1.82. The molecule has 6 heteroatoms. The molecule has 0 atom stereocenters. The van der Waals surface area contributed by atoms with E-state index in [9.17, 15) is 8.42 Å². The van der Waals surface area contributed by atoms with Crippen molar-refractivity contribution in [3.8, 4) is 16.9 Å². The Morgan fingerprint density at radius 2 is 1.96 bits per heavy atom. The van der Waals surface area contributed by atoms with Crippen LogP contribution in [0.5, 0.6) is 5.75 Å². The van der Waals surface area contributed by atoms with Crippen LogP contribution in [0.4, 0.5) is 0 Å². The van der Waals surface area contributed by atoms with E-state index in [0.717, 1.165) is 44.4 Å². The maximum absolute atomic E-state index is 12.3. The van der Waals surface area contributed by atoms with E-state index >= 15 is 0 Å². The van der Waals surface area contributed by atoms with Crippen molar-refractivity contribution >= 4 is 31.8 Å². The van der Waals surface area contributed by atoms with Crippen LogP contribution in [0, 0.1) is 6.92 Å². The molecule has 0 bridgehead atoms. The number of hydrogen-bond acceptors (Lipinski definition) is 4. The number of hydrogen-bond donors (Lipinski definition) is 1. The summed E-state index contributed by atoms with van der Waals surface area (Å²) in [6, 6.07) is 13.0. The fraction of sp³-hybridized carbons (Fsp3) is 0.190. The van der Waals surface area contributed by atoms with Crippen LogP contribution in [-0.2, 0) is 9.84 Å². The first-order valence-electron chi connectivity index (χ1n) is 8.73. The summed E-state index contributed by atoms with van der Waals surface area (Å²) < 4.78 is 30.2. The Morgan fingerprint density at radius 3 is 2.70 bits per heavy atom. The van der Waals surface area contributed by atoms with Crippen molar-refractivity contribution in [2.75, 3.05) is 12.9 Å². The molecule has 0 fully saturated rings. The number of aromatic amines is 1. The van der Waals surface area contributed by atoms with Gasteiger partial charge in [0.2, 0.25) is 0 Å². The van der Waals surface area contributed by atoms with Crippen molar-refractivity contribution < 1.29 is 13.2 Å². The zero-order valence-electron chi connectivity index (χ0n) is 15.4. The number of rotatable bonds is 4. The standard InChI is InChI=1S/C21H20N2O3S/c1-4-27(24,25)15-7-5-6-14(11-15)16-8-9-18(26-3)20-19(16)17-10-13(2)12-22-21(17)23-20/h5-12H,4H2,1-3H3,(H,22,23). The first kappa shape index (κ1) is 17.5. The molecule has 0 unspecified atom stereocenters. The SMILES string of the molecule is CCS(=O)(=O)c1cccc(-c2ccc(OC)c3[nH]c4ncc(C)cc4c23)c1. The number of aryl methyl sites for hydroxylation is 1. The molecule has 0 saturated carbocycles. The number of nitrogens with one attached hydrogen (secondary N) is 1. The molecule has 4 aromatic rings. The lowest BCUT2D eigenvalue weighted by Gasteiger charge is -2.10. The molecule has 5 nitrogen and oxygen atoms in total. The molecule has 0 aliphatic carbocycles. The first-order chi connectivity index (χ1) is 12.9. The van der Waals surface area contributed by atoms with Crippen LogP contribution < -0.4 is 4.74 Å². The highest BCUT2D eigenvalue weighted by Gasteiger charge is 2.17. The number of aromatic nitrogens is 2. The highest BCUT2D eigenvalue weighted by Crippen LogP contribution is 2.39. The number of H-pyrrole nitrogens is 1. The quantitative estimate of drug-likeness (QED) is 0.566. The molecule has 1 N–H and O–H groups in total. The predicted octanol–water partition coefficient (Wildman–Crippen LogP) is 4.49. The first-order valence-corrected chi connectivity index (χ1v) is 10.4. The third-order valence-corrected chi connectivity index (χ3v) is 6.54. The van der Waals surface area contributed by atoms with Crippen molar-refractivity contribution in [2.24, 2.45) is 0 Å². The van der Waals surface area contributed by atoms with Gasteiger partial charge in [-0.05, 0) is 53.9 Å². The van der Waals surface area contributed by atoms with Gasteiger partial charge in [0.05, 0.1) is 23.3 Å². The van der Waals surface area contributed by atoms with Crippen LogP contribution in [0.3, 0.4) is 0 Å². The van der Waals surface area contributed by atoms with Gasteiger partial charge in [-0.15, -0.1) is 0 Å². The van der Waals surface area contributed by atoms with Crippen molar-refractivity contribution in [1.29, 1.82) is 0 Å². The van der Waals surface area contributed by atoms with Crippen LogP contribution in [0.2, 0.25) is 0 Å². The van der Waals surface area contributed by atoms with Gasteiger partial charge in [0.15, 0.2) is 9.84 Å². The number of fused-ring (bicyclic) bond motifs is 3. The van der Waals surface area contributed by atoms with Crippen LogP contribution in [0.1, 0.15) is 12.5 Å². The van der Waals surface area contributed by atoms with E-state index in [4.69, 9.17) is 4.74 Å². The lowest BCUT2D eigenvalue weighted by molar-refractivity contribution is 0.419. The van der Waals surface area contributed by atoms with Crippen LogP contribution in [0.15, 0.2) is 53.6 Å². The Labute approximate surface area is 157 Å². The molecule has 2 aromatic carbocycles. The Morgan fingerprint density at radius 1 is 1.15 bits per heavy atom. The molecule has 0 spiro atoms. The van der Waals surface area contributed by atoms with Crippen molar-refractivity contribution in [3.05, 3.63) is 54.2 Å². The van der Waals surface area contributed by atoms with Gasteiger partial charge in [0.25, 0.3) is 0 Å². The minimum atomic E-state index is -3.28. The molecule has 0 aliphatic heterocycles. The number of sulfone groups is 1. The highest BCUT2D eigenvalue weighted by molar-refractivity contribution is 7.91. The van der Waals surface area contributed by atoms with Gasteiger partial charge in [-0.2, -0.15) is 0 Å². The zero-order chi connectivity index (χ0) is 19.2. The number of pyridine rings is 1. The normalized spacial score (nSPS) is 12.0. The zero-order valence-corrected chi connectivity index (χ0v) is 16.2. The van der Waals surface area contributed by atoms with Crippen molar-refractivity contribution in [2.45, 2.75) is 18.7 Å². The summed E-state index contributed by atoms with van der Waals surface area (Å²) in [5.74, 6) is 0.798. The predicted molar refractivity (Wildman–Crippen MR) is 108 cm³/mol. The average Bonchev–Trinajstić information content (AvgIpc) is 3.06. The average molecular weight is 380 g/mol. The van der Waals surface area contributed by atoms with Gasteiger partial charge in [-0.25, -0.2) is 13.4 Å². The number of ether oxygens (including phenoxy) is 1. The molecule has 4 rings (SSSR count). The van der Waals surface area contributed by atoms with E-state index < -0.39 is 9.84 Å².